The Morgan fingerprint density at radius 2 is 1.67 bits per heavy atom. The fourth-order valence-electron chi connectivity index (χ4n) is 7.73. The average molecular weight is 777 g/mol. The molecule has 2 aliphatic rings. The lowest BCUT2D eigenvalue weighted by Gasteiger charge is -2.40. The fraction of sp³-hybridized carbons (Fsp3) is 0.415. The lowest BCUT2D eigenvalue weighted by molar-refractivity contribution is -0.140. The second-order valence-corrected chi connectivity index (χ2v) is 15.2. The fourth-order valence-corrected chi connectivity index (χ4v) is 8.06. The van der Waals surface area contributed by atoms with Crippen molar-refractivity contribution in [3.8, 4) is 11.5 Å². The van der Waals surface area contributed by atoms with E-state index in [0.717, 1.165) is 28.5 Å². The van der Waals surface area contributed by atoms with E-state index >= 15 is 0 Å². The van der Waals surface area contributed by atoms with E-state index in [1.165, 1.54) is 7.11 Å². The van der Waals surface area contributed by atoms with Gasteiger partial charge < -0.3 is 34.9 Å². The third-order valence-electron chi connectivity index (χ3n) is 10.5. The maximum atomic E-state index is 14.3. The first-order valence-corrected chi connectivity index (χ1v) is 19.1. The van der Waals surface area contributed by atoms with Crippen LogP contribution in [0.5, 0.6) is 11.5 Å². The number of hydrogen-bond donors (Lipinski definition) is 3. The molecule has 0 aliphatic carbocycles. The zero-order valence-corrected chi connectivity index (χ0v) is 32.5. The third-order valence-corrected chi connectivity index (χ3v) is 11.2. The number of rotatable bonds is 13. The molecule has 286 valence electrons. The summed E-state index contributed by atoms with van der Waals surface area (Å²) in [6, 6.07) is 17.8. The van der Waals surface area contributed by atoms with Crippen molar-refractivity contribution in [3.05, 3.63) is 93.6 Å². The topological polar surface area (TPSA) is 133 Å². The van der Waals surface area contributed by atoms with E-state index in [4.69, 9.17) is 32.7 Å². The molecule has 13 heteroatoms. The number of H-pyrrole nitrogens is 1. The summed E-state index contributed by atoms with van der Waals surface area (Å²) in [5.74, 6) is -0.999. The predicted octanol–water partition coefficient (Wildman–Crippen LogP) is 5.91. The minimum atomic E-state index is -0.753. The summed E-state index contributed by atoms with van der Waals surface area (Å²) >= 11 is 12.5. The van der Waals surface area contributed by atoms with E-state index in [1.54, 1.807) is 53.4 Å². The van der Waals surface area contributed by atoms with Crippen molar-refractivity contribution in [3.63, 3.8) is 0 Å². The van der Waals surface area contributed by atoms with Gasteiger partial charge in [-0.3, -0.25) is 19.2 Å². The first-order chi connectivity index (χ1) is 25.9. The first kappa shape index (κ1) is 39.0. The average Bonchev–Trinajstić information content (AvgIpc) is 3.77. The first-order valence-electron chi connectivity index (χ1n) is 18.4. The molecule has 6 rings (SSSR count). The summed E-state index contributed by atoms with van der Waals surface area (Å²) in [5.41, 5.74) is 3.12. The molecule has 54 heavy (non-hydrogen) atoms. The monoisotopic (exact) mass is 775 g/mol. The van der Waals surface area contributed by atoms with Crippen LogP contribution in [-0.4, -0.2) is 90.9 Å². The minimum Gasteiger partial charge on any atom is -0.493 e. The summed E-state index contributed by atoms with van der Waals surface area (Å²) in [7, 11) is 3.09. The highest BCUT2D eigenvalue weighted by Gasteiger charge is 2.48. The van der Waals surface area contributed by atoms with Gasteiger partial charge >= 0.3 is 0 Å². The van der Waals surface area contributed by atoms with Crippen LogP contribution in [0.3, 0.4) is 0 Å². The van der Waals surface area contributed by atoms with Gasteiger partial charge in [-0.15, -0.1) is 0 Å². The molecule has 1 aromatic heterocycles. The summed E-state index contributed by atoms with van der Waals surface area (Å²) in [6.07, 6.45) is 3.68. The molecule has 4 atom stereocenters. The Labute approximate surface area is 325 Å². The Bertz CT molecular complexity index is 2000. The lowest BCUT2D eigenvalue weighted by Crippen LogP contribution is -2.56. The van der Waals surface area contributed by atoms with Crippen LogP contribution in [0.4, 0.5) is 0 Å². The largest absolute Gasteiger partial charge is 0.493 e. The predicted molar refractivity (Wildman–Crippen MR) is 209 cm³/mol. The van der Waals surface area contributed by atoms with Gasteiger partial charge in [-0.25, -0.2) is 0 Å². The Morgan fingerprint density at radius 3 is 2.39 bits per heavy atom. The van der Waals surface area contributed by atoms with Gasteiger partial charge in [0.05, 0.1) is 35.6 Å². The zero-order chi connectivity index (χ0) is 38.5. The maximum Gasteiger partial charge on any atom is 0.254 e. The lowest BCUT2D eigenvalue weighted by atomic mass is 9.79. The molecule has 2 fully saturated rings. The number of halogens is 2. The van der Waals surface area contributed by atoms with Crippen LogP contribution in [0.15, 0.2) is 66.9 Å². The van der Waals surface area contributed by atoms with E-state index < -0.39 is 12.0 Å². The summed E-state index contributed by atoms with van der Waals surface area (Å²) in [6.45, 7) is 5.06. The van der Waals surface area contributed by atoms with E-state index in [2.05, 4.69) is 15.6 Å². The van der Waals surface area contributed by atoms with Gasteiger partial charge in [0.2, 0.25) is 17.7 Å². The molecule has 0 saturated carbocycles. The zero-order valence-electron chi connectivity index (χ0n) is 31.0. The SMILES string of the molecule is CNC(=O)[C@H](CCCc1ccccc1)NC(=O)C1CN(C(=O)Cc2c[nH]c3cc(Cl)c(Cl)cc23)CC2CN(C(=O)c3ccc(OC(C)C)c(OC)c3)CC21. The molecule has 2 aliphatic heterocycles. The van der Waals surface area contributed by atoms with Crippen LogP contribution in [-0.2, 0) is 27.2 Å². The molecule has 3 N–H and O–H groups in total. The normalized spacial score (nSPS) is 18.7. The number of benzene rings is 3. The smallest absolute Gasteiger partial charge is 0.254 e. The number of nitrogens with zero attached hydrogens (tertiary/aromatic N) is 2. The number of likely N-dealkylation sites (N-methyl/N-ethyl adjacent to an activating group) is 1. The Balaban J connectivity index is 1.23. The highest BCUT2D eigenvalue weighted by atomic mass is 35.5. The van der Waals surface area contributed by atoms with E-state index in [0.29, 0.717) is 59.6 Å². The molecule has 0 bridgehead atoms. The van der Waals surface area contributed by atoms with Crippen molar-refractivity contribution >= 4 is 57.7 Å². The molecule has 3 heterocycles. The van der Waals surface area contributed by atoms with E-state index in [-0.39, 0.29) is 54.5 Å². The highest BCUT2D eigenvalue weighted by molar-refractivity contribution is 6.42. The van der Waals surface area contributed by atoms with Crippen molar-refractivity contribution in [2.24, 2.45) is 17.8 Å². The maximum absolute atomic E-state index is 14.3. The molecule has 3 unspecified atom stereocenters. The molecule has 3 aromatic carbocycles. The number of methoxy groups -OCH3 is 1. The molecule has 11 nitrogen and oxygen atoms in total. The molecule has 4 aromatic rings. The van der Waals surface area contributed by atoms with Crippen molar-refractivity contribution < 1.29 is 28.7 Å². The number of ether oxygens (including phenoxy) is 2. The number of aryl methyl sites for hydroxylation is 1. The Kier molecular flexibility index (Phi) is 12.4. The van der Waals surface area contributed by atoms with E-state index in [9.17, 15) is 19.2 Å². The van der Waals surface area contributed by atoms with Crippen LogP contribution >= 0.6 is 23.2 Å². The third kappa shape index (κ3) is 8.79. The number of fused-ring (bicyclic) bond motifs is 2. The van der Waals surface area contributed by atoms with Gasteiger partial charge in [0.15, 0.2) is 11.5 Å². The van der Waals surface area contributed by atoms with Gasteiger partial charge in [0.25, 0.3) is 5.91 Å². The Hall–Kier alpha value is -4.74. The van der Waals surface area contributed by atoms with Crippen molar-refractivity contribution in [1.82, 2.24) is 25.4 Å². The van der Waals surface area contributed by atoms with Gasteiger partial charge in [-0.1, -0.05) is 53.5 Å². The van der Waals surface area contributed by atoms with Gasteiger partial charge in [-0.2, -0.15) is 0 Å². The summed E-state index contributed by atoms with van der Waals surface area (Å²) in [4.78, 5) is 62.0. The molecular weight excluding hydrogens is 729 g/mol. The van der Waals surface area contributed by atoms with E-state index in [1.807, 2.05) is 44.2 Å². The van der Waals surface area contributed by atoms with Crippen LogP contribution in [0.1, 0.15) is 48.2 Å². The minimum absolute atomic E-state index is 0.0741. The van der Waals surface area contributed by atoms with Crippen molar-refractivity contribution in [1.29, 1.82) is 0 Å². The molecule has 4 amide bonds. The number of aromatic amines is 1. The number of likely N-dealkylation sites (tertiary alicyclic amines) is 2. The van der Waals surface area contributed by atoms with Gasteiger partial charge in [-0.05, 0) is 86.4 Å². The number of nitrogens with one attached hydrogen (secondary N) is 3. The number of carbonyl (C=O) groups is 4. The highest BCUT2D eigenvalue weighted by Crippen LogP contribution is 2.38. The summed E-state index contributed by atoms with van der Waals surface area (Å²) in [5, 5.41) is 7.32. The van der Waals surface area contributed by atoms with Gasteiger partial charge in [0.1, 0.15) is 6.04 Å². The second kappa shape index (κ2) is 17.2. The quantitative estimate of drug-likeness (QED) is 0.155. The number of piperidine rings is 1. The summed E-state index contributed by atoms with van der Waals surface area (Å²) < 4.78 is 11.4. The van der Waals surface area contributed by atoms with Crippen LogP contribution in [0.25, 0.3) is 10.9 Å². The van der Waals surface area contributed by atoms with Crippen molar-refractivity contribution in [2.45, 2.75) is 51.7 Å². The van der Waals surface area contributed by atoms with Gasteiger partial charge in [0, 0.05) is 55.9 Å². The van der Waals surface area contributed by atoms with Crippen LogP contribution in [0, 0.1) is 17.8 Å². The number of amides is 4. The standard InChI is InChI=1S/C41H47Cl2N5O6/c1-24(2)54-36-14-13-26(15-37(36)53-4)41(52)48-21-28-20-47(38(49)16-27-19-45-35-18-33(43)32(42)17-29(27)35)23-31(30(28)22-48)39(50)46-34(40(51)44-3)12-8-11-25-9-6-5-7-10-25/h5-7,9-10,13-15,17-19,24,28,30-31,34,45H,8,11-12,16,20-23H2,1-4H3,(H,44,51)(H,46,50)/t28?,30?,31?,34-/m0/s1. The van der Waals surface area contributed by atoms with Crippen LogP contribution < -0.4 is 20.1 Å². The van der Waals surface area contributed by atoms with Crippen molar-refractivity contribution in [2.75, 3.05) is 40.3 Å². The molecule has 0 radical (unpaired) electrons. The second-order valence-electron chi connectivity index (χ2n) is 14.4. The molecule has 0 spiro atoms. The number of aromatic nitrogens is 1. The molecule has 2 saturated heterocycles. The Morgan fingerprint density at radius 1 is 0.926 bits per heavy atom. The van der Waals surface area contributed by atoms with Crippen LogP contribution in [0.2, 0.25) is 10.0 Å². The molecular formula is C41H47Cl2N5O6. The number of hydrogen-bond acceptors (Lipinski definition) is 6. The number of carbonyl (C=O) groups excluding carboxylic acids is 4.